The molecule has 0 heterocycles. The van der Waals surface area contributed by atoms with Gasteiger partial charge < -0.3 is 9.84 Å². The third-order valence-electron chi connectivity index (χ3n) is 3.46. The Morgan fingerprint density at radius 3 is 2.70 bits per heavy atom. The first-order valence-electron chi connectivity index (χ1n) is 6.74. The van der Waals surface area contributed by atoms with E-state index in [1.807, 2.05) is 37.3 Å². The summed E-state index contributed by atoms with van der Waals surface area (Å²) in [5.74, 6) is -0.0539. The van der Waals surface area contributed by atoms with Crippen molar-refractivity contribution in [2.45, 2.75) is 25.9 Å². The highest BCUT2D eigenvalue weighted by atomic mass is 16.5. The summed E-state index contributed by atoms with van der Waals surface area (Å²) in [7, 11) is 0. The zero-order chi connectivity index (χ0) is 14.1. The van der Waals surface area contributed by atoms with Gasteiger partial charge in [0.1, 0.15) is 5.75 Å². The summed E-state index contributed by atoms with van der Waals surface area (Å²) in [6.07, 6.45) is 2.60. The molecule has 3 rings (SSSR count). The highest BCUT2D eigenvalue weighted by Crippen LogP contribution is 2.31. The Bertz CT molecular complexity index is 657. The van der Waals surface area contributed by atoms with E-state index in [0.29, 0.717) is 11.7 Å². The molecule has 3 heteroatoms. The number of rotatable bonds is 4. The Morgan fingerprint density at radius 2 is 2.00 bits per heavy atom. The third-order valence-corrected chi connectivity index (χ3v) is 3.46. The zero-order valence-electron chi connectivity index (χ0n) is 11.3. The lowest BCUT2D eigenvalue weighted by atomic mass is 9.98. The Hall–Kier alpha value is -2.29. The largest absolute Gasteiger partial charge is 0.490 e. The molecule has 3 nitrogen and oxygen atoms in total. The molecule has 0 aliphatic heterocycles. The van der Waals surface area contributed by atoms with Crippen LogP contribution in [0.5, 0.6) is 5.75 Å². The van der Waals surface area contributed by atoms with E-state index < -0.39 is 5.97 Å². The van der Waals surface area contributed by atoms with Gasteiger partial charge in [0.15, 0.2) is 0 Å². The van der Waals surface area contributed by atoms with Crippen LogP contribution in [0.15, 0.2) is 42.5 Å². The first-order chi connectivity index (χ1) is 9.63. The number of ether oxygens (including phenoxy) is 1. The van der Waals surface area contributed by atoms with Crippen molar-refractivity contribution < 1.29 is 14.6 Å². The van der Waals surface area contributed by atoms with Crippen molar-refractivity contribution in [3.05, 3.63) is 53.6 Å². The van der Waals surface area contributed by atoms with Gasteiger partial charge in [-0.3, -0.25) is 0 Å². The van der Waals surface area contributed by atoms with Crippen molar-refractivity contribution in [2.75, 3.05) is 0 Å². The highest BCUT2D eigenvalue weighted by Gasteiger charge is 2.23. The summed E-state index contributed by atoms with van der Waals surface area (Å²) < 4.78 is 5.79. The minimum Gasteiger partial charge on any atom is -0.490 e. The minimum atomic E-state index is -0.906. The van der Waals surface area contributed by atoms with Crippen LogP contribution in [-0.2, 0) is 0 Å². The van der Waals surface area contributed by atoms with Crippen molar-refractivity contribution in [3.8, 4) is 16.9 Å². The van der Waals surface area contributed by atoms with E-state index in [4.69, 9.17) is 9.84 Å². The van der Waals surface area contributed by atoms with Gasteiger partial charge in [-0.05, 0) is 60.7 Å². The second-order valence-corrected chi connectivity index (χ2v) is 5.18. The van der Waals surface area contributed by atoms with Crippen LogP contribution in [0, 0.1) is 6.92 Å². The molecule has 1 N–H and O–H groups in total. The maximum absolute atomic E-state index is 11.1. The first kappa shape index (κ1) is 12.7. The van der Waals surface area contributed by atoms with Crippen LogP contribution >= 0.6 is 0 Å². The monoisotopic (exact) mass is 268 g/mol. The molecule has 0 amide bonds. The number of hydrogen-bond donors (Lipinski definition) is 1. The lowest BCUT2D eigenvalue weighted by molar-refractivity contribution is 0.0697. The first-order valence-corrected chi connectivity index (χ1v) is 6.74. The quantitative estimate of drug-likeness (QED) is 0.914. The third kappa shape index (κ3) is 2.67. The van der Waals surface area contributed by atoms with Gasteiger partial charge in [0.05, 0.1) is 11.7 Å². The van der Waals surface area contributed by atoms with Gasteiger partial charge in [-0.25, -0.2) is 4.79 Å². The molecule has 1 saturated carbocycles. The molecule has 1 aliphatic carbocycles. The standard InChI is InChI=1S/C17H16O3/c1-11-5-6-13(17(18)19)10-16(11)12-3-2-4-15(9-12)20-14-7-8-14/h2-6,9-10,14H,7-8H2,1H3,(H,18,19). The van der Waals surface area contributed by atoms with E-state index in [1.54, 1.807) is 12.1 Å². The Morgan fingerprint density at radius 1 is 1.20 bits per heavy atom. The number of hydrogen-bond acceptors (Lipinski definition) is 2. The second-order valence-electron chi connectivity index (χ2n) is 5.18. The molecule has 20 heavy (non-hydrogen) atoms. The molecule has 2 aromatic carbocycles. The van der Waals surface area contributed by atoms with Crippen LogP contribution in [0.4, 0.5) is 0 Å². The van der Waals surface area contributed by atoms with Crippen LogP contribution in [0.2, 0.25) is 0 Å². The molecule has 0 atom stereocenters. The average molecular weight is 268 g/mol. The van der Waals surface area contributed by atoms with Crippen molar-refractivity contribution in [1.82, 2.24) is 0 Å². The summed E-state index contributed by atoms with van der Waals surface area (Å²) in [6, 6.07) is 13.0. The molecule has 1 fully saturated rings. The lowest BCUT2D eigenvalue weighted by Crippen LogP contribution is -1.98. The van der Waals surface area contributed by atoms with Crippen molar-refractivity contribution >= 4 is 5.97 Å². The van der Waals surface area contributed by atoms with E-state index in [2.05, 4.69) is 0 Å². The maximum Gasteiger partial charge on any atom is 0.335 e. The van der Waals surface area contributed by atoms with Gasteiger partial charge in [-0.1, -0.05) is 18.2 Å². The predicted molar refractivity (Wildman–Crippen MR) is 77.2 cm³/mol. The van der Waals surface area contributed by atoms with Crippen LogP contribution in [-0.4, -0.2) is 17.2 Å². The molecule has 0 aromatic heterocycles. The summed E-state index contributed by atoms with van der Waals surface area (Å²) in [5.41, 5.74) is 3.28. The smallest absolute Gasteiger partial charge is 0.335 e. The van der Waals surface area contributed by atoms with Crippen LogP contribution in [0.1, 0.15) is 28.8 Å². The highest BCUT2D eigenvalue weighted by molar-refractivity contribution is 5.90. The molecule has 0 radical (unpaired) electrons. The molecule has 2 aromatic rings. The Labute approximate surface area is 117 Å². The van der Waals surface area contributed by atoms with Crippen LogP contribution < -0.4 is 4.74 Å². The summed E-state index contributed by atoms with van der Waals surface area (Å²) in [4.78, 5) is 11.1. The number of aryl methyl sites for hydroxylation is 1. The molecule has 0 unspecified atom stereocenters. The SMILES string of the molecule is Cc1ccc(C(=O)O)cc1-c1cccc(OC2CC2)c1. The van der Waals surface area contributed by atoms with E-state index in [-0.39, 0.29) is 0 Å². The topological polar surface area (TPSA) is 46.5 Å². The molecule has 0 saturated heterocycles. The Kier molecular flexibility index (Phi) is 3.18. The number of carbonyl (C=O) groups is 1. The number of aromatic carboxylic acids is 1. The van der Waals surface area contributed by atoms with Crippen molar-refractivity contribution in [3.63, 3.8) is 0 Å². The van der Waals surface area contributed by atoms with E-state index in [9.17, 15) is 4.79 Å². The maximum atomic E-state index is 11.1. The molecule has 0 bridgehead atoms. The normalized spacial score (nSPS) is 14.1. The van der Waals surface area contributed by atoms with E-state index >= 15 is 0 Å². The summed E-state index contributed by atoms with van der Waals surface area (Å²) in [5, 5.41) is 9.10. The van der Waals surface area contributed by atoms with Gasteiger partial charge in [-0.15, -0.1) is 0 Å². The summed E-state index contributed by atoms with van der Waals surface area (Å²) >= 11 is 0. The van der Waals surface area contributed by atoms with Gasteiger partial charge in [0.2, 0.25) is 0 Å². The fourth-order valence-corrected chi connectivity index (χ4v) is 2.18. The average Bonchev–Trinajstić information content (AvgIpc) is 3.23. The van der Waals surface area contributed by atoms with E-state index in [1.165, 1.54) is 0 Å². The van der Waals surface area contributed by atoms with Gasteiger partial charge >= 0.3 is 5.97 Å². The minimum absolute atomic E-state index is 0.305. The Balaban J connectivity index is 1.98. The number of carboxylic acids is 1. The molecule has 1 aliphatic rings. The van der Waals surface area contributed by atoms with Crippen molar-refractivity contribution in [2.24, 2.45) is 0 Å². The van der Waals surface area contributed by atoms with E-state index in [0.717, 1.165) is 35.3 Å². The van der Waals surface area contributed by atoms with Crippen LogP contribution in [0.25, 0.3) is 11.1 Å². The predicted octanol–water partition coefficient (Wildman–Crippen LogP) is 3.90. The number of benzene rings is 2. The molecular weight excluding hydrogens is 252 g/mol. The fourth-order valence-electron chi connectivity index (χ4n) is 2.18. The molecule has 102 valence electrons. The van der Waals surface area contributed by atoms with Crippen LogP contribution in [0.3, 0.4) is 0 Å². The van der Waals surface area contributed by atoms with Gasteiger partial charge in [0, 0.05) is 0 Å². The van der Waals surface area contributed by atoms with Gasteiger partial charge in [-0.2, -0.15) is 0 Å². The second kappa shape index (κ2) is 5.00. The summed E-state index contributed by atoms with van der Waals surface area (Å²) in [6.45, 7) is 1.98. The van der Waals surface area contributed by atoms with Crippen molar-refractivity contribution in [1.29, 1.82) is 0 Å². The number of carboxylic acid groups (broad SMARTS) is 1. The van der Waals surface area contributed by atoms with Gasteiger partial charge in [0.25, 0.3) is 0 Å². The molecular formula is C17H16O3. The molecule has 0 spiro atoms. The fraction of sp³-hybridized carbons (Fsp3) is 0.235. The zero-order valence-corrected chi connectivity index (χ0v) is 11.3. The lowest BCUT2D eigenvalue weighted by Gasteiger charge is -2.10.